The van der Waals surface area contributed by atoms with Gasteiger partial charge >= 0.3 is 0 Å². The smallest absolute Gasteiger partial charge is 0.164 e. The average molecular weight is 345 g/mol. The lowest BCUT2D eigenvalue weighted by Crippen LogP contribution is -2.09. The molecule has 0 aliphatic rings. The van der Waals surface area contributed by atoms with Gasteiger partial charge in [-0.1, -0.05) is 34.5 Å². The molecule has 0 fully saturated rings. The Bertz CT molecular complexity index is 544. The van der Waals surface area contributed by atoms with Crippen molar-refractivity contribution < 1.29 is 4.74 Å². The largest absolute Gasteiger partial charge is 0.485 e. The number of hydrogen-bond donors (Lipinski definition) is 0. The van der Waals surface area contributed by atoms with E-state index in [0.717, 1.165) is 30.1 Å². The van der Waals surface area contributed by atoms with Crippen LogP contribution in [0.25, 0.3) is 0 Å². The van der Waals surface area contributed by atoms with Crippen molar-refractivity contribution in [1.29, 1.82) is 0 Å². The van der Waals surface area contributed by atoms with Crippen LogP contribution in [0, 0.1) is 0 Å². The highest BCUT2D eigenvalue weighted by molar-refractivity contribution is 9.08. The van der Waals surface area contributed by atoms with Crippen molar-refractivity contribution in [3.8, 4) is 5.75 Å². The minimum absolute atomic E-state index is 0.404. The number of aromatic nitrogens is 3. The van der Waals surface area contributed by atoms with Crippen LogP contribution in [0.4, 0.5) is 0 Å². The van der Waals surface area contributed by atoms with Crippen molar-refractivity contribution in [3.63, 3.8) is 0 Å². The van der Waals surface area contributed by atoms with Crippen LogP contribution in [-0.4, -0.2) is 14.8 Å². The monoisotopic (exact) mass is 343 g/mol. The Morgan fingerprint density at radius 2 is 2.26 bits per heavy atom. The Hall–Kier alpha value is -1.07. The topological polar surface area (TPSA) is 39.9 Å². The molecule has 0 bridgehead atoms. The fourth-order valence-corrected chi connectivity index (χ4v) is 2.37. The van der Waals surface area contributed by atoms with Crippen molar-refractivity contribution in [3.05, 3.63) is 40.9 Å². The number of nitrogens with zero attached hydrogens (tertiary/aromatic N) is 3. The van der Waals surface area contributed by atoms with E-state index in [0.29, 0.717) is 17.0 Å². The first kappa shape index (κ1) is 14.3. The molecule has 0 amide bonds. The molecule has 1 aromatic carbocycles. The SMILES string of the molecule is CCCn1ncnc1COc1ccc(Cl)cc1CBr. The number of benzene rings is 1. The highest BCUT2D eigenvalue weighted by Gasteiger charge is 2.07. The third kappa shape index (κ3) is 3.70. The zero-order valence-corrected chi connectivity index (χ0v) is 13.0. The van der Waals surface area contributed by atoms with Gasteiger partial charge in [-0.05, 0) is 24.6 Å². The molecule has 102 valence electrons. The molecule has 0 saturated heterocycles. The number of ether oxygens (including phenoxy) is 1. The van der Waals surface area contributed by atoms with Gasteiger partial charge in [-0.3, -0.25) is 0 Å². The summed E-state index contributed by atoms with van der Waals surface area (Å²) in [7, 11) is 0. The van der Waals surface area contributed by atoms with Crippen LogP contribution < -0.4 is 4.74 Å². The van der Waals surface area contributed by atoms with E-state index in [4.69, 9.17) is 16.3 Å². The van der Waals surface area contributed by atoms with Crippen molar-refractivity contribution in [2.75, 3.05) is 0 Å². The van der Waals surface area contributed by atoms with Gasteiger partial charge in [0.25, 0.3) is 0 Å². The van der Waals surface area contributed by atoms with Crippen molar-refractivity contribution in [2.45, 2.75) is 31.8 Å². The Kier molecular flexibility index (Phi) is 5.22. The first-order chi connectivity index (χ1) is 9.24. The molecule has 6 heteroatoms. The van der Waals surface area contributed by atoms with E-state index in [1.54, 1.807) is 6.33 Å². The summed E-state index contributed by atoms with van der Waals surface area (Å²) >= 11 is 9.39. The summed E-state index contributed by atoms with van der Waals surface area (Å²) in [5, 5.41) is 5.57. The average Bonchev–Trinajstić information content (AvgIpc) is 2.85. The van der Waals surface area contributed by atoms with Gasteiger partial charge in [-0.25, -0.2) is 9.67 Å². The predicted molar refractivity (Wildman–Crippen MR) is 78.7 cm³/mol. The third-order valence-corrected chi connectivity index (χ3v) is 3.49. The molecule has 0 aliphatic heterocycles. The van der Waals surface area contributed by atoms with Crippen molar-refractivity contribution in [2.24, 2.45) is 0 Å². The van der Waals surface area contributed by atoms with Crippen LogP contribution in [0.2, 0.25) is 5.02 Å². The van der Waals surface area contributed by atoms with Crippen molar-refractivity contribution in [1.82, 2.24) is 14.8 Å². The van der Waals surface area contributed by atoms with E-state index in [2.05, 4.69) is 32.9 Å². The maximum Gasteiger partial charge on any atom is 0.164 e. The van der Waals surface area contributed by atoms with Gasteiger partial charge < -0.3 is 4.74 Å². The van der Waals surface area contributed by atoms with Crippen LogP contribution >= 0.6 is 27.5 Å². The molecule has 0 radical (unpaired) electrons. The van der Waals surface area contributed by atoms with Gasteiger partial charge in [0.05, 0.1) is 0 Å². The fraction of sp³-hybridized carbons (Fsp3) is 0.385. The second-order valence-corrected chi connectivity index (χ2v) is 5.07. The molecule has 0 unspecified atom stereocenters. The summed E-state index contributed by atoms with van der Waals surface area (Å²) in [6, 6.07) is 5.59. The Morgan fingerprint density at radius 1 is 1.42 bits per heavy atom. The fourth-order valence-electron chi connectivity index (χ4n) is 1.73. The van der Waals surface area contributed by atoms with Gasteiger partial charge in [-0.15, -0.1) is 0 Å². The molecule has 19 heavy (non-hydrogen) atoms. The van der Waals surface area contributed by atoms with Crippen LogP contribution in [0.1, 0.15) is 24.7 Å². The summed E-state index contributed by atoms with van der Waals surface area (Å²) in [4.78, 5) is 4.21. The van der Waals surface area contributed by atoms with E-state index < -0.39 is 0 Å². The molecule has 1 aromatic heterocycles. The second kappa shape index (κ2) is 6.91. The summed E-state index contributed by atoms with van der Waals surface area (Å²) in [5.41, 5.74) is 1.02. The van der Waals surface area contributed by atoms with Gasteiger partial charge in [0.15, 0.2) is 5.82 Å². The Balaban J connectivity index is 2.07. The molecule has 0 N–H and O–H groups in total. The van der Waals surface area contributed by atoms with E-state index in [-0.39, 0.29) is 0 Å². The Morgan fingerprint density at radius 3 is 3.00 bits per heavy atom. The van der Waals surface area contributed by atoms with E-state index in [9.17, 15) is 0 Å². The number of rotatable bonds is 6. The summed E-state index contributed by atoms with van der Waals surface area (Å²) in [6.45, 7) is 3.36. The van der Waals surface area contributed by atoms with Gasteiger partial charge in [0.2, 0.25) is 0 Å². The molecule has 0 spiro atoms. The standard InChI is InChI=1S/C13H15BrClN3O/c1-2-5-18-13(16-9-17-18)8-19-12-4-3-11(15)6-10(12)7-14/h3-4,6,9H,2,5,7-8H2,1H3. The molecule has 2 aromatic rings. The van der Waals surface area contributed by atoms with E-state index >= 15 is 0 Å². The molecule has 0 saturated carbocycles. The quantitative estimate of drug-likeness (QED) is 0.748. The van der Waals surface area contributed by atoms with Gasteiger partial charge in [-0.2, -0.15) is 5.10 Å². The van der Waals surface area contributed by atoms with E-state index in [1.807, 2.05) is 22.9 Å². The van der Waals surface area contributed by atoms with Gasteiger partial charge in [0, 0.05) is 22.5 Å². The summed E-state index contributed by atoms with van der Waals surface area (Å²) < 4.78 is 7.67. The summed E-state index contributed by atoms with van der Waals surface area (Å²) in [6.07, 6.45) is 2.57. The number of hydrogen-bond acceptors (Lipinski definition) is 3. The van der Waals surface area contributed by atoms with Crippen LogP contribution in [0.5, 0.6) is 5.75 Å². The lowest BCUT2D eigenvalue weighted by molar-refractivity contribution is 0.284. The van der Waals surface area contributed by atoms with Crippen LogP contribution in [-0.2, 0) is 18.5 Å². The minimum Gasteiger partial charge on any atom is -0.485 e. The molecule has 1 heterocycles. The van der Waals surface area contributed by atoms with E-state index in [1.165, 1.54) is 0 Å². The molecule has 0 aliphatic carbocycles. The number of aryl methyl sites for hydroxylation is 1. The zero-order chi connectivity index (χ0) is 13.7. The molecule has 2 rings (SSSR count). The number of alkyl halides is 1. The second-order valence-electron chi connectivity index (χ2n) is 4.07. The predicted octanol–water partition coefficient (Wildman–Crippen LogP) is 3.82. The normalized spacial score (nSPS) is 10.7. The summed E-state index contributed by atoms with van der Waals surface area (Å²) in [5.74, 6) is 1.64. The molecular formula is C13H15BrClN3O. The lowest BCUT2D eigenvalue weighted by Gasteiger charge is -2.10. The Labute approximate surface area is 125 Å². The first-order valence-electron chi connectivity index (χ1n) is 6.08. The molecule has 4 nitrogen and oxygen atoms in total. The third-order valence-electron chi connectivity index (χ3n) is 2.65. The maximum atomic E-state index is 5.96. The highest BCUT2D eigenvalue weighted by Crippen LogP contribution is 2.25. The van der Waals surface area contributed by atoms with Crippen molar-refractivity contribution >= 4 is 27.5 Å². The maximum absolute atomic E-state index is 5.96. The number of halogens is 2. The first-order valence-corrected chi connectivity index (χ1v) is 7.58. The lowest BCUT2D eigenvalue weighted by atomic mass is 10.2. The zero-order valence-electron chi connectivity index (χ0n) is 10.6. The highest BCUT2D eigenvalue weighted by atomic mass is 79.9. The molecule has 0 atom stereocenters. The molecular weight excluding hydrogens is 330 g/mol. The van der Waals surface area contributed by atoms with Crippen LogP contribution in [0.3, 0.4) is 0 Å². The van der Waals surface area contributed by atoms with Gasteiger partial charge in [0.1, 0.15) is 18.7 Å². The van der Waals surface area contributed by atoms with Crippen LogP contribution in [0.15, 0.2) is 24.5 Å². The minimum atomic E-state index is 0.404.